The number of carbonyl (C=O) groups excluding carboxylic acids is 1. The predicted molar refractivity (Wildman–Crippen MR) is 88.4 cm³/mol. The van der Waals surface area contributed by atoms with Gasteiger partial charge in [-0.25, -0.2) is 0 Å². The van der Waals surface area contributed by atoms with Crippen molar-refractivity contribution in [3.63, 3.8) is 0 Å². The highest BCUT2D eigenvalue weighted by Crippen LogP contribution is 2.30. The number of piperidine rings is 1. The molecule has 1 aromatic heterocycles. The van der Waals surface area contributed by atoms with E-state index in [9.17, 15) is 18.0 Å². The van der Waals surface area contributed by atoms with Crippen LogP contribution in [0, 0.1) is 6.92 Å². The molecule has 1 fully saturated rings. The average Bonchev–Trinajstić information content (AvgIpc) is 3.03. The zero-order valence-corrected chi connectivity index (χ0v) is 14.3. The topological polar surface area (TPSA) is 58.4 Å². The lowest BCUT2D eigenvalue weighted by Gasteiger charge is -2.32. The normalized spacial score (nSPS) is 16.6. The third-order valence-electron chi connectivity index (χ3n) is 4.44. The molecule has 0 unspecified atom stereocenters. The van der Waals surface area contributed by atoms with Crippen LogP contribution in [0.25, 0.3) is 0 Å². The molecule has 0 bridgehead atoms. The maximum absolute atomic E-state index is 12.8. The molecule has 140 valence electrons. The van der Waals surface area contributed by atoms with Gasteiger partial charge < -0.3 is 9.84 Å². The van der Waals surface area contributed by atoms with Gasteiger partial charge in [-0.1, -0.05) is 23.4 Å². The van der Waals surface area contributed by atoms with Gasteiger partial charge >= 0.3 is 6.18 Å². The van der Waals surface area contributed by atoms with Crippen LogP contribution < -0.4 is 5.32 Å². The lowest BCUT2D eigenvalue weighted by Crippen LogP contribution is -2.44. The van der Waals surface area contributed by atoms with Crippen LogP contribution in [0.2, 0.25) is 0 Å². The van der Waals surface area contributed by atoms with E-state index in [0.717, 1.165) is 18.9 Å². The first-order chi connectivity index (χ1) is 12.3. The van der Waals surface area contributed by atoms with Crippen LogP contribution in [0.4, 0.5) is 13.2 Å². The van der Waals surface area contributed by atoms with Gasteiger partial charge in [0, 0.05) is 31.7 Å². The highest BCUT2D eigenvalue weighted by atomic mass is 19.4. The molecule has 0 atom stereocenters. The number of alkyl halides is 3. The van der Waals surface area contributed by atoms with Crippen LogP contribution in [-0.2, 0) is 12.7 Å². The quantitative estimate of drug-likeness (QED) is 0.900. The van der Waals surface area contributed by atoms with Gasteiger partial charge in [-0.05, 0) is 31.4 Å². The minimum absolute atomic E-state index is 0.0252. The fourth-order valence-electron chi connectivity index (χ4n) is 3.07. The molecule has 5 nitrogen and oxygen atoms in total. The maximum atomic E-state index is 12.8. The highest BCUT2D eigenvalue weighted by molar-refractivity contribution is 5.92. The molecule has 2 aromatic rings. The SMILES string of the molecule is Cc1cc(C(=O)NC2CCN(Cc3cccc(C(F)(F)F)c3)CC2)no1. The number of benzene rings is 1. The standard InChI is InChI=1S/C18H20F3N3O2/c1-12-9-16(23-26-12)17(25)22-15-5-7-24(8-6-15)11-13-3-2-4-14(10-13)18(19,20)21/h2-4,9-10,15H,5-8,11H2,1H3,(H,22,25). The number of nitrogens with zero attached hydrogens (tertiary/aromatic N) is 2. The molecular weight excluding hydrogens is 347 g/mol. The second kappa shape index (κ2) is 7.49. The lowest BCUT2D eigenvalue weighted by molar-refractivity contribution is -0.137. The molecule has 26 heavy (non-hydrogen) atoms. The molecule has 1 saturated heterocycles. The Morgan fingerprint density at radius 2 is 2.04 bits per heavy atom. The first kappa shape index (κ1) is 18.4. The van der Waals surface area contributed by atoms with Crippen molar-refractivity contribution in [1.29, 1.82) is 0 Å². The third kappa shape index (κ3) is 4.63. The largest absolute Gasteiger partial charge is 0.416 e. The zero-order valence-electron chi connectivity index (χ0n) is 14.3. The number of hydrogen-bond donors (Lipinski definition) is 1. The molecule has 0 spiro atoms. The Morgan fingerprint density at radius 3 is 2.65 bits per heavy atom. The number of carbonyl (C=O) groups is 1. The van der Waals surface area contributed by atoms with Crippen LogP contribution in [0.3, 0.4) is 0 Å². The highest BCUT2D eigenvalue weighted by Gasteiger charge is 2.30. The number of hydrogen-bond acceptors (Lipinski definition) is 4. The molecule has 2 heterocycles. The zero-order chi connectivity index (χ0) is 18.7. The summed E-state index contributed by atoms with van der Waals surface area (Å²) in [5.41, 5.74) is 0.273. The lowest BCUT2D eigenvalue weighted by atomic mass is 10.0. The van der Waals surface area contributed by atoms with Crippen LogP contribution in [-0.4, -0.2) is 35.1 Å². The minimum Gasteiger partial charge on any atom is -0.361 e. The number of aromatic nitrogens is 1. The Hall–Kier alpha value is -2.35. The second-order valence-corrected chi connectivity index (χ2v) is 6.54. The summed E-state index contributed by atoms with van der Waals surface area (Å²) in [5.74, 6) is 0.309. The van der Waals surface area contributed by atoms with Crippen molar-refractivity contribution in [3.8, 4) is 0 Å². The maximum Gasteiger partial charge on any atom is 0.416 e. The van der Waals surface area contributed by atoms with Crippen molar-refractivity contribution in [2.75, 3.05) is 13.1 Å². The third-order valence-corrected chi connectivity index (χ3v) is 4.44. The van der Waals surface area contributed by atoms with Crippen molar-refractivity contribution < 1.29 is 22.5 Å². The Bertz CT molecular complexity index is 765. The molecule has 1 amide bonds. The van der Waals surface area contributed by atoms with Crippen molar-refractivity contribution in [2.45, 2.75) is 38.5 Å². The number of likely N-dealkylation sites (tertiary alicyclic amines) is 1. The van der Waals surface area contributed by atoms with E-state index in [2.05, 4.69) is 15.4 Å². The van der Waals surface area contributed by atoms with Crippen LogP contribution in [0.15, 0.2) is 34.9 Å². The molecule has 0 saturated carbocycles. The van der Waals surface area contributed by atoms with Crippen LogP contribution >= 0.6 is 0 Å². The minimum atomic E-state index is -4.33. The van der Waals surface area contributed by atoms with E-state index in [1.165, 1.54) is 12.1 Å². The van der Waals surface area contributed by atoms with E-state index in [-0.39, 0.29) is 17.6 Å². The molecule has 1 aliphatic heterocycles. The summed E-state index contributed by atoms with van der Waals surface area (Å²) in [6, 6.07) is 7.02. The summed E-state index contributed by atoms with van der Waals surface area (Å²) >= 11 is 0. The van der Waals surface area contributed by atoms with Gasteiger partial charge in [0.1, 0.15) is 5.76 Å². The molecular formula is C18H20F3N3O2. The summed E-state index contributed by atoms with van der Waals surface area (Å²) < 4.78 is 43.3. The van der Waals surface area contributed by atoms with Gasteiger partial charge in [0.25, 0.3) is 5.91 Å². The summed E-state index contributed by atoms with van der Waals surface area (Å²) in [7, 11) is 0. The number of amides is 1. The predicted octanol–water partition coefficient (Wildman–Crippen LogP) is 3.40. The molecule has 1 N–H and O–H groups in total. The molecule has 0 aliphatic carbocycles. The molecule has 0 radical (unpaired) electrons. The summed E-state index contributed by atoms with van der Waals surface area (Å²) in [5, 5.41) is 6.62. The van der Waals surface area contributed by atoms with Crippen molar-refractivity contribution in [3.05, 3.63) is 52.9 Å². The fraction of sp³-hybridized carbons (Fsp3) is 0.444. The van der Waals surface area contributed by atoms with E-state index in [4.69, 9.17) is 4.52 Å². The van der Waals surface area contributed by atoms with E-state index in [0.29, 0.717) is 31.0 Å². The fourth-order valence-corrected chi connectivity index (χ4v) is 3.07. The van der Waals surface area contributed by atoms with Gasteiger partial charge in [0.05, 0.1) is 5.56 Å². The molecule has 8 heteroatoms. The van der Waals surface area contributed by atoms with E-state index < -0.39 is 11.7 Å². The Labute approximate surface area is 149 Å². The average molecular weight is 367 g/mol. The monoisotopic (exact) mass is 367 g/mol. The second-order valence-electron chi connectivity index (χ2n) is 6.54. The number of aryl methyl sites for hydroxylation is 1. The van der Waals surface area contributed by atoms with Gasteiger partial charge in [-0.3, -0.25) is 9.69 Å². The number of halogens is 3. The molecule has 1 aliphatic rings. The van der Waals surface area contributed by atoms with Gasteiger partial charge in [-0.15, -0.1) is 0 Å². The summed E-state index contributed by atoms with van der Waals surface area (Å²) in [4.78, 5) is 14.2. The van der Waals surface area contributed by atoms with E-state index in [1.54, 1.807) is 19.1 Å². The number of rotatable bonds is 4. The number of nitrogens with one attached hydrogen (secondary N) is 1. The summed E-state index contributed by atoms with van der Waals surface area (Å²) in [6.07, 6.45) is -2.85. The van der Waals surface area contributed by atoms with E-state index >= 15 is 0 Å². The molecule has 1 aromatic carbocycles. The van der Waals surface area contributed by atoms with Crippen LogP contribution in [0.1, 0.15) is 40.2 Å². The first-order valence-electron chi connectivity index (χ1n) is 8.44. The Kier molecular flexibility index (Phi) is 5.31. The van der Waals surface area contributed by atoms with E-state index in [1.807, 2.05) is 0 Å². The molecule has 3 rings (SSSR count). The van der Waals surface area contributed by atoms with Crippen molar-refractivity contribution in [2.24, 2.45) is 0 Å². The smallest absolute Gasteiger partial charge is 0.361 e. The van der Waals surface area contributed by atoms with Gasteiger partial charge in [0.2, 0.25) is 0 Å². The first-order valence-corrected chi connectivity index (χ1v) is 8.44. The Balaban J connectivity index is 1.50. The summed E-state index contributed by atoms with van der Waals surface area (Å²) in [6.45, 7) is 3.60. The van der Waals surface area contributed by atoms with Gasteiger partial charge in [0.15, 0.2) is 5.69 Å². The van der Waals surface area contributed by atoms with Gasteiger partial charge in [-0.2, -0.15) is 13.2 Å². The Morgan fingerprint density at radius 1 is 1.31 bits per heavy atom. The van der Waals surface area contributed by atoms with Crippen molar-refractivity contribution in [1.82, 2.24) is 15.4 Å². The van der Waals surface area contributed by atoms with Crippen molar-refractivity contribution >= 4 is 5.91 Å². The van der Waals surface area contributed by atoms with Crippen LogP contribution in [0.5, 0.6) is 0 Å².